The van der Waals surface area contributed by atoms with E-state index in [4.69, 9.17) is 9.47 Å². The van der Waals surface area contributed by atoms with Crippen molar-refractivity contribution in [2.24, 2.45) is 0 Å². The van der Waals surface area contributed by atoms with E-state index < -0.39 is 10.0 Å². The summed E-state index contributed by atoms with van der Waals surface area (Å²) >= 11 is 0. The fraction of sp³-hybridized carbons (Fsp3) is 0.350. The zero-order valence-electron chi connectivity index (χ0n) is 16.0. The van der Waals surface area contributed by atoms with Gasteiger partial charge in [0.2, 0.25) is 10.0 Å². The third-order valence-corrected chi connectivity index (χ3v) is 6.03. The van der Waals surface area contributed by atoms with E-state index in [0.29, 0.717) is 25.2 Å². The van der Waals surface area contributed by atoms with Crippen molar-refractivity contribution >= 4 is 21.8 Å². The summed E-state index contributed by atoms with van der Waals surface area (Å²) in [5.41, 5.74) is 3.46. The fourth-order valence-electron chi connectivity index (χ4n) is 3.18. The standard InChI is InChI=1S/C20H24N2O5S/c1-26-19-7-3-15(4-8-19)10-12-28(24,25)21-18-6-5-16-9-11-22(20(23)27-2)14-17(16)13-18/h3-8,13,21H,9-12,14H2,1-2H3. The lowest BCUT2D eigenvalue weighted by atomic mass is 9.99. The highest BCUT2D eigenvalue weighted by Gasteiger charge is 2.22. The SMILES string of the molecule is COC(=O)N1CCc2ccc(NS(=O)(=O)CCc3ccc(OC)cc3)cc2C1. The molecule has 0 saturated heterocycles. The van der Waals surface area contributed by atoms with E-state index in [1.54, 1.807) is 24.1 Å². The highest BCUT2D eigenvalue weighted by Crippen LogP contribution is 2.24. The number of carbonyl (C=O) groups excluding carboxylic acids is 1. The number of hydrogen-bond donors (Lipinski definition) is 1. The summed E-state index contributed by atoms with van der Waals surface area (Å²) in [5.74, 6) is 0.713. The van der Waals surface area contributed by atoms with Gasteiger partial charge < -0.3 is 14.4 Å². The molecule has 1 aliphatic rings. The van der Waals surface area contributed by atoms with E-state index in [0.717, 1.165) is 28.9 Å². The molecule has 0 unspecified atom stereocenters. The van der Waals surface area contributed by atoms with Crippen molar-refractivity contribution in [1.82, 2.24) is 4.90 Å². The second kappa shape index (κ2) is 8.52. The second-order valence-electron chi connectivity index (χ2n) is 6.64. The molecule has 2 aromatic carbocycles. The van der Waals surface area contributed by atoms with E-state index in [1.807, 2.05) is 30.3 Å². The molecule has 1 aliphatic heterocycles. The number of nitrogens with one attached hydrogen (secondary N) is 1. The van der Waals surface area contributed by atoms with Crippen LogP contribution in [-0.4, -0.2) is 45.9 Å². The molecular weight excluding hydrogens is 380 g/mol. The van der Waals surface area contributed by atoms with E-state index in [1.165, 1.54) is 7.11 Å². The van der Waals surface area contributed by atoms with Crippen LogP contribution in [0.3, 0.4) is 0 Å². The Morgan fingerprint density at radius 1 is 1.11 bits per heavy atom. The molecule has 1 amide bonds. The Hall–Kier alpha value is -2.74. The van der Waals surface area contributed by atoms with Crippen molar-refractivity contribution in [3.63, 3.8) is 0 Å². The lowest BCUT2D eigenvalue weighted by Crippen LogP contribution is -2.35. The molecule has 1 N–H and O–H groups in total. The number of hydrogen-bond acceptors (Lipinski definition) is 5. The van der Waals surface area contributed by atoms with Crippen LogP contribution < -0.4 is 9.46 Å². The van der Waals surface area contributed by atoms with Crippen molar-refractivity contribution in [2.45, 2.75) is 19.4 Å². The zero-order valence-corrected chi connectivity index (χ0v) is 16.8. The highest BCUT2D eigenvalue weighted by molar-refractivity contribution is 7.92. The smallest absolute Gasteiger partial charge is 0.409 e. The maximum Gasteiger partial charge on any atom is 0.409 e. The molecule has 3 rings (SSSR count). The maximum absolute atomic E-state index is 12.5. The minimum atomic E-state index is -3.50. The summed E-state index contributed by atoms with van der Waals surface area (Å²) in [6.45, 7) is 0.996. The predicted molar refractivity (Wildman–Crippen MR) is 107 cm³/mol. The van der Waals surface area contributed by atoms with Gasteiger partial charge in [0.05, 0.1) is 20.0 Å². The number of methoxy groups -OCH3 is 2. The molecule has 0 aliphatic carbocycles. The van der Waals surface area contributed by atoms with E-state index in [-0.39, 0.29) is 11.8 Å². The van der Waals surface area contributed by atoms with E-state index in [2.05, 4.69) is 4.72 Å². The van der Waals surface area contributed by atoms with Gasteiger partial charge in [-0.3, -0.25) is 4.72 Å². The molecule has 28 heavy (non-hydrogen) atoms. The van der Waals surface area contributed by atoms with Gasteiger partial charge in [-0.25, -0.2) is 13.2 Å². The summed E-state index contributed by atoms with van der Waals surface area (Å²) < 4.78 is 37.4. The summed E-state index contributed by atoms with van der Waals surface area (Å²) in [5, 5.41) is 0. The van der Waals surface area contributed by atoms with Gasteiger partial charge in [0.25, 0.3) is 0 Å². The van der Waals surface area contributed by atoms with Gasteiger partial charge in [0.1, 0.15) is 5.75 Å². The van der Waals surface area contributed by atoms with Gasteiger partial charge in [0.15, 0.2) is 0 Å². The number of carbonyl (C=O) groups is 1. The molecule has 0 bridgehead atoms. The van der Waals surface area contributed by atoms with Gasteiger partial charge in [0, 0.05) is 18.8 Å². The first kappa shape index (κ1) is 20.0. The summed E-state index contributed by atoms with van der Waals surface area (Å²) in [6.07, 6.45) is 0.742. The Morgan fingerprint density at radius 2 is 1.86 bits per heavy atom. The summed E-state index contributed by atoms with van der Waals surface area (Å²) in [4.78, 5) is 13.3. The lowest BCUT2D eigenvalue weighted by Gasteiger charge is -2.28. The third-order valence-electron chi connectivity index (χ3n) is 4.74. The fourth-order valence-corrected chi connectivity index (χ4v) is 4.27. The number of rotatable bonds is 6. The average molecular weight is 404 g/mol. The quantitative estimate of drug-likeness (QED) is 0.800. The van der Waals surface area contributed by atoms with Crippen molar-refractivity contribution in [3.05, 3.63) is 59.2 Å². The molecule has 0 radical (unpaired) electrons. The van der Waals surface area contributed by atoms with Crippen LogP contribution in [0.4, 0.5) is 10.5 Å². The molecule has 0 fully saturated rings. The minimum absolute atomic E-state index is 0.0231. The molecule has 0 atom stereocenters. The normalized spacial score (nSPS) is 13.6. The van der Waals surface area contributed by atoms with Crippen LogP contribution in [0, 0.1) is 0 Å². The number of nitrogens with zero attached hydrogens (tertiary/aromatic N) is 1. The van der Waals surface area contributed by atoms with Crippen LogP contribution in [0.15, 0.2) is 42.5 Å². The topological polar surface area (TPSA) is 84.9 Å². The van der Waals surface area contributed by atoms with Crippen LogP contribution in [0.2, 0.25) is 0 Å². The summed E-state index contributed by atoms with van der Waals surface area (Å²) in [7, 11) is -0.554. The molecule has 2 aromatic rings. The average Bonchev–Trinajstić information content (AvgIpc) is 2.71. The Morgan fingerprint density at radius 3 is 2.54 bits per heavy atom. The van der Waals surface area contributed by atoms with Crippen molar-refractivity contribution in [1.29, 1.82) is 0 Å². The van der Waals surface area contributed by atoms with E-state index in [9.17, 15) is 13.2 Å². The zero-order chi connectivity index (χ0) is 20.1. The number of benzene rings is 2. The van der Waals surface area contributed by atoms with Crippen molar-refractivity contribution in [2.75, 3.05) is 31.2 Å². The highest BCUT2D eigenvalue weighted by atomic mass is 32.2. The number of fused-ring (bicyclic) bond motifs is 1. The van der Waals surface area contributed by atoms with Crippen molar-refractivity contribution in [3.8, 4) is 5.75 Å². The van der Waals surface area contributed by atoms with Crippen LogP contribution >= 0.6 is 0 Å². The van der Waals surface area contributed by atoms with Crippen LogP contribution in [0.5, 0.6) is 5.75 Å². The Labute approximate surface area is 165 Å². The molecular formula is C20H24N2O5S. The number of ether oxygens (including phenoxy) is 2. The predicted octanol–water partition coefficient (Wildman–Crippen LogP) is 2.80. The van der Waals surface area contributed by atoms with Gasteiger partial charge in [-0.2, -0.15) is 0 Å². The first-order valence-electron chi connectivity index (χ1n) is 8.98. The lowest BCUT2D eigenvalue weighted by molar-refractivity contribution is 0.118. The van der Waals surface area contributed by atoms with Gasteiger partial charge in [-0.05, 0) is 53.8 Å². The Kier molecular flexibility index (Phi) is 6.08. The molecule has 1 heterocycles. The molecule has 0 aromatic heterocycles. The minimum Gasteiger partial charge on any atom is -0.497 e. The van der Waals surface area contributed by atoms with Gasteiger partial charge >= 0.3 is 6.09 Å². The number of anilines is 1. The second-order valence-corrected chi connectivity index (χ2v) is 8.49. The third kappa shape index (κ3) is 4.95. The number of aryl methyl sites for hydroxylation is 1. The van der Waals surface area contributed by atoms with Gasteiger partial charge in [-0.1, -0.05) is 18.2 Å². The van der Waals surface area contributed by atoms with Crippen molar-refractivity contribution < 1.29 is 22.7 Å². The Bertz CT molecular complexity index is 942. The molecule has 0 saturated carbocycles. The van der Waals surface area contributed by atoms with Crippen LogP contribution in [0.25, 0.3) is 0 Å². The van der Waals surface area contributed by atoms with Crippen LogP contribution in [0.1, 0.15) is 16.7 Å². The molecule has 7 nitrogen and oxygen atoms in total. The maximum atomic E-state index is 12.5. The monoisotopic (exact) mass is 404 g/mol. The van der Waals surface area contributed by atoms with E-state index >= 15 is 0 Å². The summed E-state index contributed by atoms with van der Waals surface area (Å²) in [6, 6.07) is 12.8. The number of amides is 1. The van der Waals surface area contributed by atoms with Crippen LogP contribution in [-0.2, 0) is 34.1 Å². The first-order valence-corrected chi connectivity index (χ1v) is 10.6. The van der Waals surface area contributed by atoms with Gasteiger partial charge in [-0.15, -0.1) is 0 Å². The number of sulfonamides is 1. The molecule has 8 heteroatoms. The Balaban J connectivity index is 1.64. The first-order chi connectivity index (χ1) is 13.4. The molecule has 150 valence electrons. The molecule has 0 spiro atoms. The largest absolute Gasteiger partial charge is 0.497 e.